The van der Waals surface area contributed by atoms with E-state index in [1.807, 2.05) is 44.2 Å². The molecule has 0 spiro atoms. The zero-order chi connectivity index (χ0) is 23.1. The lowest BCUT2D eigenvalue weighted by Crippen LogP contribution is -2.42. The van der Waals surface area contributed by atoms with E-state index >= 15 is 0 Å². The molecule has 6 nitrogen and oxygen atoms in total. The zero-order valence-electron chi connectivity index (χ0n) is 18.5. The van der Waals surface area contributed by atoms with Crippen molar-refractivity contribution in [2.75, 3.05) is 18.0 Å². The molecule has 7 heteroatoms. The monoisotopic (exact) mass is 452 g/mol. The number of ether oxygens (including phenoxy) is 1. The Morgan fingerprint density at radius 2 is 1.69 bits per heavy atom. The molecule has 168 valence electrons. The van der Waals surface area contributed by atoms with E-state index < -0.39 is 10.0 Å². The highest BCUT2D eigenvalue weighted by molar-refractivity contribution is 7.92. The Kier molecular flexibility index (Phi) is 7.53. The summed E-state index contributed by atoms with van der Waals surface area (Å²) in [5, 5.41) is 2.97. The van der Waals surface area contributed by atoms with Crippen LogP contribution in [0.4, 0.5) is 5.69 Å². The first-order valence-electron chi connectivity index (χ1n) is 10.4. The summed E-state index contributed by atoms with van der Waals surface area (Å²) in [5.41, 5.74) is 2.28. The maximum absolute atomic E-state index is 13.4. The Balaban J connectivity index is 1.87. The van der Waals surface area contributed by atoms with Gasteiger partial charge in [-0.15, -0.1) is 0 Å². The fourth-order valence-electron chi connectivity index (χ4n) is 3.45. The third kappa shape index (κ3) is 5.48. The van der Waals surface area contributed by atoms with Gasteiger partial charge in [-0.3, -0.25) is 9.10 Å². The lowest BCUT2D eigenvalue weighted by atomic mass is 10.0. The van der Waals surface area contributed by atoms with E-state index in [1.165, 1.54) is 12.1 Å². The number of carbonyl (C=O) groups excluding carboxylic acids is 1. The van der Waals surface area contributed by atoms with Crippen LogP contribution in [0, 0.1) is 6.92 Å². The topological polar surface area (TPSA) is 75.7 Å². The number of methoxy groups -OCH3 is 1. The molecule has 0 aliphatic carbocycles. The normalized spacial score (nSPS) is 12.1. The van der Waals surface area contributed by atoms with E-state index in [0.29, 0.717) is 12.1 Å². The van der Waals surface area contributed by atoms with Gasteiger partial charge in [0.15, 0.2) is 0 Å². The number of amides is 1. The van der Waals surface area contributed by atoms with Crippen molar-refractivity contribution in [1.82, 2.24) is 5.32 Å². The molecule has 0 saturated heterocycles. The summed E-state index contributed by atoms with van der Waals surface area (Å²) in [7, 11) is -2.33. The Morgan fingerprint density at radius 3 is 2.28 bits per heavy atom. The summed E-state index contributed by atoms with van der Waals surface area (Å²) in [6, 6.07) is 22.5. The van der Waals surface area contributed by atoms with Crippen LogP contribution in [-0.2, 0) is 14.8 Å². The predicted molar refractivity (Wildman–Crippen MR) is 126 cm³/mol. The molecule has 0 aromatic heterocycles. The minimum Gasteiger partial charge on any atom is -0.497 e. The zero-order valence-corrected chi connectivity index (χ0v) is 19.3. The van der Waals surface area contributed by atoms with E-state index in [0.717, 1.165) is 21.2 Å². The standard InChI is InChI=1S/C25H28N2O4S/c1-4-24(20-13-15-22(31-3)16-14-20)26-25(28)18-27(21-10-8-9-19(2)17-21)32(29,30)23-11-6-5-7-12-23/h5-17,24H,4,18H2,1-3H3,(H,26,28)/t24-/m0/s1. The molecule has 0 aliphatic rings. The van der Waals surface area contributed by atoms with Crippen LogP contribution in [0.15, 0.2) is 83.8 Å². The lowest BCUT2D eigenvalue weighted by Gasteiger charge is -2.26. The van der Waals surface area contributed by atoms with Crippen molar-refractivity contribution in [1.29, 1.82) is 0 Å². The number of nitrogens with zero attached hydrogens (tertiary/aromatic N) is 1. The number of hydrogen-bond acceptors (Lipinski definition) is 4. The third-order valence-corrected chi connectivity index (χ3v) is 6.96. The van der Waals surface area contributed by atoms with E-state index in [4.69, 9.17) is 4.74 Å². The Hall–Kier alpha value is -3.32. The molecule has 1 atom stereocenters. The second-order valence-corrected chi connectivity index (χ2v) is 9.33. The number of rotatable bonds is 9. The highest BCUT2D eigenvalue weighted by atomic mass is 32.2. The number of nitrogens with one attached hydrogen (secondary N) is 1. The lowest BCUT2D eigenvalue weighted by molar-refractivity contribution is -0.120. The van der Waals surface area contributed by atoms with Crippen LogP contribution in [0.5, 0.6) is 5.75 Å². The second-order valence-electron chi connectivity index (χ2n) is 7.47. The van der Waals surface area contributed by atoms with Crippen LogP contribution < -0.4 is 14.4 Å². The minimum absolute atomic E-state index is 0.136. The number of carbonyl (C=O) groups is 1. The molecule has 0 saturated carbocycles. The van der Waals surface area contributed by atoms with Gasteiger partial charge in [0.05, 0.1) is 23.7 Å². The molecule has 3 aromatic carbocycles. The first-order chi connectivity index (χ1) is 15.3. The smallest absolute Gasteiger partial charge is 0.264 e. The summed E-state index contributed by atoms with van der Waals surface area (Å²) >= 11 is 0. The highest BCUT2D eigenvalue weighted by Crippen LogP contribution is 2.25. The van der Waals surface area contributed by atoms with Crippen molar-refractivity contribution >= 4 is 21.6 Å². The fourth-order valence-corrected chi connectivity index (χ4v) is 4.88. The summed E-state index contributed by atoms with van der Waals surface area (Å²) in [4.78, 5) is 13.1. The van der Waals surface area contributed by atoms with E-state index in [-0.39, 0.29) is 23.4 Å². The summed E-state index contributed by atoms with van der Waals surface area (Å²) in [5.74, 6) is 0.350. The summed E-state index contributed by atoms with van der Waals surface area (Å²) in [6.45, 7) is 3.52. The van der Waals surface area contributed by atoms with Crippen molar-refractivity contribution in [2.24, 2.45) is 0 Å². The average Bonchev–Trinajstić information content (AvgIpc) is 2.81. The fraction of sp³-hybridized carbons (Fsp3) is 0.240. The van der Waals surface area contributed by atoms with Gasteiger partial charge in [-0.05, 0) is 60.9 Å². The molecule has 0 fully saturated rings. The molecular weight excluding hydrogens is 424 g/mol. The van der Waals surface area contributed by atoms with Gasteiger partial charge in [0.1, 0.15) is 12.3 Å². The quantitative estimate of drug-likeness (QED) is 0.520. The third-order valence-electron chi connectivity index (χ3n) is 5.17. The predicted octanol–water partition coefficient (Wildman–Crippen LogP) is 4.47. The molecule has 3 aromatic rings. The van der Waals surface area contributed by atoms with Crippen molar-refractivity contribution in [2.45, 2.75) is 31.2 Å². The summed E-state index contributed by atoms with van der Waals surface area (Å²) < 4.78 is 33.2. The Morgan fingerprint density at radius 1 is 1.00 bits per heavy atom. The van der Waals surface area contributed by atoms with Crippen LogP contribution in [0.1, 0.15) is 30.5 Å². The van der Waals surface area contributed by atoms with Gasteiger partial charge in [-0.1, -0.05) is 49.4 Å². The van der Waals surface area contributed by atoms with Crippen LogP contribution >= 0.6 is 0 Å². The van der Waals surface area contributed by atoms with Gasteiger partial charge < -0.3 is 10.1 Å². The van der Waals surface area contributed by atoms with Gasteiger partial charge in [-0.2, -0.15) is 0 Å². The average molecular weight is 453 g/mol. The van der Waals surface area contributed by atoms with Crippen molar-refractivity contribution in [3.63, 3.8) is 0 Å². The molecular formula is C25H28N2O4S. The van der Waals surface area contributed by atoms with Crippen molar-refractivity contribution < 1.29 is 17.9 Å². The second kappa shape index (κ2) is 10.3. The molecule has 1 amide bonds. The van der Waals surface area contributed by atoms with Crippen LogP contribution in [0.25, 0.3) is 0 Å². The van der Waals surface area contributed by atoms with Gasteiger partial charge in [0, 0.05) is 0 Å². The maximum atomic E-state index is 13.4. The van der Waals surface area contributed by atoms with Crippen molar-refractivity contribution in [3.8, 4) is 5.75 Å². The van der Waals surface area contributed by atoms with Crippen LogP contribution in [0.3, 0.4) is 0 Å². The summed E-state index contributed by atoms with van der Waals surface area (Å²) in [6.07, 6.45) is 0.661. The number of anilines is 1. The maximum Gasteiger partial charge on any atom is 0.264 e. The molecule has 3 rings (SSSR count). The minimum atomic E-state index is -3.93. The first kappa shape index (κ1) is 23.3. The SMILES string of the molecule is CC[C@H](NC(=O)CN(c1cccc(C)c1)S(=O)(=O)c1ccccc1)c1ccc(OC)cc1. The highest BCUT2D eigenvalue weighted by Gasteiger charge is 2.28. The number of benzene rings is 3. The van der Waals surface area contributed by atoms with E-state index in [9.17, 15) is 13.2 Å². The number of hydrogen-bond donors (Lipinski definition) is 1. The van der Waals surface area contributed by atoms with Gasteiger partial charge in [0.25, 0.3) is 10.0 Å². The van der Waals surface area contributed by atoms with Crippen LogP contribution in [0.2, 0.25) is 0 Å². The van der Waals surface area contributed by atoms with Gasteiger partial charge in [-0.25, -0.2) is 8.42 Å². The molecule has 0 aliphatic heterocycles. The molecule has 0 heterocycles. The number of aryl methyl sites for hydroxylation is 1. The molecule has 1 N–H and O–H groups in total. The molecule has 0 bridgehead atoms. The van der Waals surface area contributed by atoms with Crippen LogP contribution in [-0.4, -0.2) is 28.0 Å². The van der Waals surface area contributed by atoms with Gasteiger partial charge in [0.2, 0.25) is 5.91 Å². The Bertz CT molecular complexity index is 1150. The molecule has 32 heavy (non-hydrogen) atoms. The molecule has 0 radical (unpaired) electrons. The van der Waals surface area contributed by atoms with E-state index in [1.54, 1.807) is 43.5 Å². The first-order valence-corrected chi connectivity index (χ1v) is 11.9. The number of sulfonamides is 1. The van der Waals surface area contributed by atoms with E-state index in [2.05, 4.69) is 5.32 Å². The van der Waals surface area contributed by atoms with Gasteiger partial charge >= 0.3 is 0 Å². The molecule has 0 unspecified atom stereocenters. The van der Waals surface area contributed by atoms with Crippen molar-refractivity contribution in [3.05, 3.63) is 90.0 Å². The largest absolute Gasteiger partial charge is 0.497 e. The Labute approximate surface area is 189 Å².